The maximum Gasteiger partial charge on any atom is 0.202 e. The van der Waals surface area contributed by atoms with Gasteiger partial charge < -0.3 is 4.57 Å². The molecule has 0 atom stereocenters. The van der Waals surface area contributed by atoms with Crippen molar-refractivity contribution in [1.29, 1.82) is 0 Å². The summed E-state index contributed by atoms with van der Waals surface area (Å²) in [6, 6.07) is 15.3. The number of aromatic nitrogens is 2. The van der Waals surface area contributed by atoms with Gasteiger partial charge in [0.2, 0.25) is 5.43 Å². The van der Waals surface area contributed by atoms with E-state index in [9.17, 15) is 14.0 Å². The van der Waals surface area contributed by atoms with Gasteiger partial charge in [-0.15, -0.1) is 0 Å². The van der Waals surface area contributed by atoms with Crippen molar-refractivity contribution in [3.05, 3.63) is 110 Å². The molecule has 4 rings (SSSR count). The monoisotopic (exact) mass is 400 g/mol. The Morgan fingerprint density at radius 2 is 1.80 bits per heavy atom. The molecule has 4 nitrogen and oxygen atoms in total. The van der Waals surface area contributed by atoms with Crippen molar-refractivity contribution in [3.8, 4) is 0 Å². The Balaban J connectivity index is 1.94. The quantitative estimate of drug-likeness (QED) is 0.465. The van der Waals surface area contributed by atoms with Crippen LogP contribution in [0.25, 0.3) is 11.0 Å². The summed E-state index contributed by atoms with van der Waals surface area (Å²) in [5.74, 6) is -0.662. The molecule has 2 heterocycles. The summed E-state index contributed by atoms with van der Waals surface area (Å²) in [7, 11) is 0. The lowest BCUT2D eigenvalue weighted by molar-refractivity contribution is 0.103. The van der Waals surface area contributed by atoms with Gasteiger partial charge in [-0.3, -0.25) is 9.59 Å². The Morgan fingerprint density at radius 3 is 2.57 bits per heavy atom. The number of halogens is 1. The SMILES string of the molecule is Cc1ccc(C)c(C(=O)c2cn(Cc3cccc(F)c3)c3nc(C)ccc3c2=O)c1. The molecule has 0 radical (unpaired) electrons. The molecule has 4 aromatic rings. The fraction of sp³-hybridized carbons (Fsp3) is 0.160. The molecule has 0 saturated heterocycles. The Kier molecular flexibility index (Phi) is 5.04. The molecular weight excluding hydrogens is 379 g/mol. The maximum atomic E-state index is 13.7. The number of rotatable bonds is 4. The van der Waals surface area contributed by atoms with E-state index in [1.165, 1.54) is 12.1 Å². The van der Waals surface area contributed by atoms with Gasteiger partial charge in [-0.2, -0.15) is 0 Å². The first-order valence-electron chi connectivity index (χ1n) is 9.70. The van der Waals surface area contributed by atoms with Gasteiger partial charge in [0.05, 0.1) is 10.9 Å². The standard InChI is InChI=1S/C25H21FN2O2/c1-15-7-8-16(2)21(11-15)24(30)22-14-28(13-18-5-4-6-19(26)12-18)25-20(23(22)29)10-9-17(3)27-25/h4-12,14H,13H2,1-3H3. The predicted octanol–water partition coefficient (Wildman–Crippen LogP) is 4.74. The number of hydrogen-bond acceptors (Lipinski definition) is 3. The van der Waals surface area contributed by atoms with Crippen molar-refractivity contribution in [3.63, 3.8) is 0 Å². The lowest BCUT2D eigenvalue weighted by atomic mass is 9.97. The van der Waals surface area contributed by atoms with Gasteiger partial charge in [-0.25, -0.2) is 9.37 Å². The number of fused-ring (bicyclic) bond motifs is 1. The highest BCUT2D eigenvalue weighted by molar-refractivity contribution is 6.10. The number of carbonyl (C=O) groups is 1. The van der Waals surface area contributed by atoms with Crippen LogP contribution in [0.15, 0.2) is 65.6 Å². The van der Waals surface area contributed by atoms with E-state index >= 15 is 0 Å². The summed E-state index contributed by atoms with van der Waals surface area (Å²) in [5.41, 5.74) is 3.94. The van der Waals surface area contributed by atoms with Crippen molar-refractivity contribution >= 4 is 16.8 Å². The van der Waals surface area contributed by atoms with Gasteiger partial charge in [-0.1, -0.05) is 29.8 Å². The molecule has 0 unspecified atom stereocenters. The molecule has 0 bridgehead atoms. The minimum absolute atomic E-state index is 0.0817. The number of pyridine rings is 2. The van der Waals surface area contributed by atoms with E-state index in [-0.39, 0.29) is 29.1 Å². The van der Waals surface area contributed by atoms with Gasteiger partial charge in [-0.05, 0) is 62.2 Å². The Hall–Kier alpha value is -3.60. The van der Waals surface area contributed by atoms with Crippen LogP contribution in [0.4, 0.5) is 4.39 Å². The van der Waals surface area contributed by atoms with Crippen LogP contribution < -0.4 is 5.43 Å². The Morgan fingerprint density at radius 1 is 1.00 bits per heavy atom. The van der Waals surface area contributed by atoms with E-state index < -0.39 is 0 Å². The third-order valence-corrected chi connectivity index (χ3v) is 5.18. The van der Waals surface area contributed by atoms with E-state index in [4.69, 9.17) is 0 Å². The molecule has 0 aliphatic carbocycles. The number of benzene rings is 2. The summed E-state index contributed by atoms with van der Waals surface area (Å²) in [5, 5.41) is 0.369. The molecule has 0 aliphatic rings. The van der Waals surface area contributed by atoms with Crippen LogP contribution in [0.3, 0.4) is 0 Å². The van der Waals surface area contributed by atoms with Crippen LogP contribution >= 0.6 is 0 Å². The van der Waals surface area contributed by atoms with E-state index in [0.717, 1.165) is 16.8 Å². The Bertz CT molecular complexity index is 1360. The van der Waals surface area contributed by atoms with Gasteiger partial charge in [0.25, 0.3) is 0 Å². The maximum absolute atomic E-state index is 13.7. The number of aryl methyl sites for hydroxylation is 3. The van der Waals surface area contributed by atoms with Gasteiger partial charge in [0.1, 0.15) is 11.5 Å². The zero-order valence-corrected chi connectivity index (χ0v) is 17.1. The smallest absolute Gasteiger partial charge is 0.202 e. The molecule has 0 aliphatic heterocycles. The number of carbonyl (C=O) groups excluding carboxylic acids is 1. The molecule has 30 heavy (non-hydrogen) atoms. The summed E-state index contributed by atoms with van der Waals surface area (Å²) < 4.78 is 15.4. The average Bonchev–Trinajstić information content (AvgIpc) is 2.71. The topological polar surface area (TPSA) is 52.0 Å². The molecule has 150 valence electrons. The van der Waals surface area contributed by atoms with Crippen LogP contribution in [-0.2, 0) is 6.54 Å². The van der Waals surface area contributed by atoms with E-state index in [1.54, 1.807) is 41.1 Å². The summed E-state index contributed by atoms with van der Waals surface area (Å²) in [6.07, 6.45) is 1.55. The fourth-order valence-electron chi connectivity index (χ4n) is 3.60. The second-order valence-electron chi connectivity index (χ2n) is 7.60. The molecule has 0 N–H and O–H groups in total. The Labute approximate surface area is 173 Å². The van der Waals surface area contributed by atoms with Crippen LogP contribution in [-0.4, -0.2) is 15.3 Å². The normalized spacial score (nSPS) is 11.1. The highest BCUT2D eigenvalue weighted by Gasteiger charge is 2.19. The van der Waals surface area contributed by atoms with Crippen LogP contribution in [0, 0.1) is 26.6 Å². The number of ketones is 1. The van der Waals surface area contributed by atoms with Crippen molar-refractivity contribution < 1.29 is 9.18 Å². The zero-order valence-electron chi connectivity index (χ0n) is 17.1. The largest absolute Gasteiger partial charge is 0.327 e. The molecule has 5 heteroatoms. The average molecular weight is 400 g/mol. The highest BCUT2D eigenvalue weighted by atomic mass is 19.1. The fourth-order valence-corrected chi connectivity index (χ4v) is 3.60. The third kappa shape index (κ3) is 3.66. The van der Waals surface area contributed by atoms with Crippen molar-refractivity contribution in [1.82, 2.24) is 9.55 Å². The molecule has 0 saturated carbocycles. The molecule has 0 amide bonds. The first-order valence-corrected chi connectivity index (χ1v) is 9.70. The van der Waals surface area contributed by atoms with Crippen molar-refractivity contribution in [2.45, 2.75) is 27.3 Å². The second kappa shape index (κ2) is 7.67. The van der Waals surface area contributed by atoms with Crippen LogP contribution in [0.1, 0.15) is 38.3 Å². The molecule has 0 fully saturated rings. The minimum Gasteiger partial charge on any atom is -0.327 e. The zero-order chi connectivity index (χ0) is 21.4. The second-order valence-corrected chi connectivity index (χ2v) is 7.60. The predicted molar refractivity (Wildman–Crippen MR) is 116 cm³/mol. The lowest BCUT2D eigenvalue weighted by Gasteiger charge is -2.14. The van der Waals surface area contributed by atoms with Crippen molar-refractivity contribution in [2.75, 3.05) is 0 Å². The van der Waals surface area contributed by atoms with E-state index in [0.29, 0.717) is 22.2 Å². The van der Waals surface area contributed by atoms with Crippen LogP contribution in [0.5, 0.6) is 0 Å². The summed E-state index contributed by atoms with van der Waals surface area (Å²) in [4.78, 5) is 31.0. The van der Waals surface area contributed by atoms with Gasteiger partial charge in [0.15, 0.2) is 5.78 Å². The summed E-state index contributed by atoms with van der Waals surface area (Å²) in [6.45, 7) is 5.89. The first-order chi connectivity index (χ1) is 14.3. The highest BCUT2D eigenvalue weighted by Crippen LogP contribution is 2.18. The summed E-state index contributed by atoms with van der Waals surface area (Å²) >= 11 is 0. The minimum atomic E-state index is -0.348. The van der Waals surface area contributed by atoms with Crippen molar-refractivity contribution in [2.24, 2.45) is 0 Å². The lowest BCUT2D eigenvalue weighted by Crippen LogP contribution is -2.21. The van der Waals surface area contributed by atoms with E-state index in [2.05, 4.69) is 4.98 Å². The third-order valence-electron chi connectivity index (χ3n) is 5.18. The van der Waals surface area contributed by atoms with Gasteiger partial charge in [0, 0.05) is 24.0 Å². The number of nitrogens with zero attached hydrogens (tertiary/aromatic N) is 2. The number of hydrogen-bond donors (Lipinski definition) is 0. The molecular formula is C25H21FN2O2. The molecule has 0 spiro atoms. The molecule has 2 aromatic carbocycles. The van der Waals surface area contributed by atoms with E-state index in [1.807, 2.05) is 32.9 Å². The molecule has 2 aromatic heterocycles. The van der Waals surface area contributed by atoms with Crippen LogP contribution in [0.2, 0.25) is 0 Å². The van der Waals surface area contributed by atoms with Gasteiger partial charge >= 0.3 is 0 Å². The first kappa shape index (κ1) is 19.7.